The second-order valence-corrected chi connectivity index (χ2v) is 12.6. The summed E-state index contributed by atoms with van der Waals surface area (Å²) in [6.45, 7) is 7.43. The maximum absolute atomic E-state index is 11.8. The molecule has 1 aliphatic heterocycles. The molecule has 0 saturated carbocycles. The quantitative estimate of drug-likeness (QED) is 0.255. The van der Waals surface area contributed by atoms with Crippen LogP contribution >= 0.6 is 0 Å². The fraction of sp³-hybridized carbons (Fsp3) is 0.462. The number of hydrogen-bond acceptors (Lipinski definition) is 5. The van der Waals surface area contributed by atoms with Crippen molar-refractivity contribution in [3.05, 3.63) is 60.3 Å². The van der Waals surface area contributed by atoms with Crippen LogP contribution in [-0.4, -0.2) is 56.7 Å². The van der Waals surface area contributed by atoms with E-state index in [1.165, 1.54) is 56.3 Å². The molecule has 1 saturated heterocycles. The number of aromatic nitrogens is 1. The molecule has 8 nitrogen and oxygen atoms in total. The topological polar surface area (TPSA) is 120 Å². The highest BCUT2D eigenvalue weighted by atomic mass is 32.2. The van der Waals surface area contributed by atoms with E-state index in [0.29, 0.717) is 11.6 Å². The molecule has 2 aromatic carbocycles. The highest BCUT2D eigenvalue weighted by Gasteiger charge is 2.23. The maximum atomic E-state index is 11.8. The molecule has 1 aliphatic rings. The zero-order valence-electron chi connectivity index (χ0n) is 21.0. The van der Waals surface area contributed by atoms with Crippen LogP contribution in [0.5, 0.6) is 0 Å². The third kappa shape index (κ3) is 8.06. The number of nitrogens with one attached hydrogen (secondary N) is 2. The van der Waals surface area contributed by atoms with Gasteiger partial charge in [-0.15, -0.1) is 0 Å². The normalized spacial score (nSPS) is 15.4. The van der Waals surface area contributed by atoms with Gasteiger partial charge in [-0.25, -0.2) is 8.42 Å². The second kappa shape index (κ2) is 12.7. The first-order valence-electron chi connectivity index (χ1n) is 12.5. The van der Waals surface area contributed by atoms with Crippen molar-refractivity contribution in [3.63, 3.8) is 0 Å². The van der Waals surface area contributed by atoms with Crippen LogP contribution in [0, 0.1) is 0 Å². The lowest BCUT2D eigenvalue weighted by Crippen LogP contribution is -2.33. The van der Waals surface area contributed by atoms with Crippen LogP contribution in [0.15, 0.2) is 59.6 Å². The van der Waals surface area contributed by atoms with Crippen molar-refractivity contribution in [1.29, 1.82) is 0 Å². The van der Waals surface area contributed by atoms with Gasteiger partial charge in [0.2, 0.25) is 10.0 Å². The van der Waals surface area contributed by atoms with Gasteiger partial charge in [0, 0.05) is 22.8 Å². The minimum Gasteiger partial charge on any atom is -0.361 e. The van der Waals surface area contributed by atoms with Gasteiger partial charge in [0.15, 0.2) is 0 Å². The Bertz CT molecular complexity index is 1310. The van der Waals surface area contributed by atoms with Gasteiger partial charge in [0.1, 0.15) is 0 Å². The highest BCUT2D eigenvalue weighted by Crippen LogP contribution is 2.34. The lowest BCUT2D eigenvalue weighted by Gasteiger charge is -2.32. The minimum absolute atomic E-state index is 0.0741. The van der Waals surface area contributed by atoms with E-state index in [4.69, 9.17) is 4.55 Å². The molecule has 3 aromatic rings. The predicted molar refractivity (Wildman–Crippen MR) is 146 cm³/mol. The van der Waals surface area contributed by atoms with E-state index in [1.54, 1.807) is 25.1 Å². The Morgan fingerprint density at radius 2 is 1.69 bits per heavy atom. The molecule has 198 valence electrons. The number of piperidine rings is 1. The van der Waals surface area contributed by atoms with E-state index in [1.807, 2.05) is 18.2 Å². The fourth-order valence-electron chi connectivity index (χ4n) is 4.44. The van der Waals surface area contributed by atoms with Crippen molar-refractivity contribution in [2.45, 2.75) is 56.8 Å². The molecule has 3 N–H and O–H groups in total. The molecule has 0 amide bonds. The van der Waals surface area contributed by atoms with Crippen LogP contribution < -0.4 is 4.72 Å². The van der Waals surface area contributed by atoms with Gasteiger partial charge in [-0.3, -0.25) is 9.27 Å². The monoisotopic (exact) mass is 535 g/mol. The molecule has 1 fully saturated rings. The number of nitrogens with zero attached hydrogens (tertiary/aromatic N) is 1. The van der Waals surface area contributed by atoms with Crippen molar-refractivity contribution in [2.75, 3.05) is 30.1 Å². The number of H-pyrrole nitrogens is 1. The highest BCUT2D eigenvalue weighted by molar-refractivity contribution is 7.92. The third-order valence-electron chi connectivity index (χ3n) is 6.51. The number of fused-ring (bicyclic) bond motifs is 1. The zero-order valence-corrected chi connectivity index (χ0v) is 22.6. The summed E-state index contributed by atoms with van der Waals surface area (Å²) in [4.78, 5) is 5.86. The number of likely N-dealkylation sites (tertiary alicyclic amines) is 1. The number of aromatic amines is 1. The molecule has 2 heterocycles. The molecule has 4 rings (SSSR count). The Kier molecular flexibility index (Phi) is 9.95. The summed E-state index contributed by atoms with van der Waals surface area (Å²) in [6.07, 6.45) is 8.35. The van der Waals surface area contributed by atoms with Crippen LogP contribution in [0.4, 0.5) is 5.69 Å². The Balaban J connectivity index is 0.000000303. The Hall–Kier alpha value is -2.40. The van der Waals surface area contributed by atoms with E-state index in [0.717, 1.165) is 24.0 Å². The van der Waals surface area contributed by atoms with E-state index in [-0.39, 0.29) is 10.6 Å². The van der Waals surface area contributed by atoms with Crippen LogP contribution in [-0.2, 0) is 20.1 Å². The van der Waals surface area contributed by atoms with Crippen molar-refractivity contribution in [2.24, 2.45) is 0 Å². The molecular formula is C26H37N3O5S2. The number of anilines is 1. The lowest BCUT2D eigenvalue weighted by molar-refractivity contribution is 0.209. The van der Waals surface area contributed by atoms with Crippen molar-refractivity contribution in [3.8, 4) is 0 Å². The number of sulfonamides is 1. The molecule has 0 bridgehead atoms. The van der Waals surface area contributed by atoms with Gasteiger partial charge >= 0.3 is 0 Å². The van der Waals surface area contributed by atoms with Gasteiger partial charge in [0.25, 0.3) is 10.1 Å². The number of hydrogen-bond donors (Lipinski definition) is 3. The summed E-state index contributed by atoms with van der Waals surface area (Å²) >= 11 is 0. The molecule has 36 heavy (non-hydrogen) atoms. The number of rotatable bonds is 9. The molecule has 1 aromatic heterocycles. The van der Waals surface area contributed by atoms with Crippen molar-refractivity contribution < 1.29 is 21.4 Å². The minimum atomic E-state index is -4.00. The zero-order chi connectivity index (χ0) is 26.2. The summed E-state index contributed by atoms with van der Waals surface area (Å²) in [6, 6.07) is 13.2. The predicted octanol–water partition coefficient (Wildman–Crippen LogP) is 5.23. The summed E-state index contributed by atoms with van der Waals surface area (Å²) in [7, 11) is -7.25. The molecule has 10 heteroatoms. The average Bonchev–Trinajstić information content (AvgIpc) is 3.28. The van der Waals surface area contributed by atoms with Crippen molar-refractivity contribution >= 4 is 36.7 Å². The van der Waals surface area contributed by atoms with Crippen LogP contribution in [0.25, 0.3) is 10.9 Å². The van der Waals surface area contributed by atoms with E-state index < -0.39 is 20.1 Å². The summed E-state index contributed by atoms with van der Waals surface area (Å²) in [5.41, 5.74) is 3.05. The largest absolute Gasteiger partial charge is 0.361 e. The van der Waals surface area contributed by atoms with Gasteiger partial charge in [0.05, 0.1) is 10.6 Å². The smallest absolute Gasteiger partial charge is 0.294 e. The SMILES string of the molecule is CCCCCN1CCC(c2c[nH]c3ccc(NS(=O)(=O)CC)cc23)CC1.O=S(=O)(O)c1ccccc1. The van der Waals surface area contributed by atoms with Crippen molar-refractivity contribution in [1.82, 2.24) is 9.88 Å². The first-order chi connectivity index (χ1) is 17.1. The van der Waals surface area contributed by atoms with Crippen LogP contribution in [0.3, 0.4) is 0 Å². The lowest BCUT2D eigenvalue weighted by atomic mass is 9.89. The standard InChI is InChI=1S/C20H31N3O2S.C6H6O3S/c1-3-5-6-11-23-12-9-16(10-13-23)19-15-21-20-8-7-17(14-18(19)20)22-26(24,25)4-2;7-10(8,9)6-4-2-1-3-5-6/h7-8,14-16,21-22H,3-6,9-13H2,1-2H3;1-5H,(H,7,8,9). The van der Waals surface area contributed by atoms with Gasteiger partial charge in [-0.2, -0.15) is 8.42 Å². The molecule has 0 spiro atoms. The molecule has 0 unspecified atom stereocenters. The van der Waals surface area contributed by atoms with Gasteiger partial charge in [-0.05, 0) is 87.6 Å². The molecule has 0 atom stereocenters. The first kappa shape index (κ1) is 28.2. The summed E-state index contributed by atoms with van der Waals surface area (Å²) in [5.74, 6) is 0.630. The van der Waals surface area contributed by atoms with Gasteiger partial charge < -0.3 is 9.88 Å². The third-order valence-corrected chi connectivity index (χ3v) is 8.69. The number of benzene rings is 2. The second-order valence-electron chi connectivity index (χ2n) is 9.12. The summed E-state index contributed by atoms with van der Waals surface area (Å²) in [5, 5.41) is 1.14. The number of unbranched alkanes of at least 4 members (excludes halogenated alkanes) is 2. The Morgan fingerprint density at radius 1 is 1.00 bits per heavy atom. The Morgan fingerprint density at radius 3 is 2.28 bits per heavy atom. The first-order valence-corrected chi connectivity index (χ1v) is 15.6. The van der Waals surface area contributed by atoms with E-state index in [9.17, 15) is 16.8 Å². The molecule has 0 aliphatic carbocycles. The average molecular weight is 536 g/mol. The van der Waals surface area contributed by atoms with Crippen LogP contribution in [0.1, 0.15) is 57.4 Å². The van der Waals surface area contributed by atoms with E-state index >= 15 is 0 Å². The molecular weight excluding hydrogens is 498 g/mol. The molecule has 0 radical (unpaired) electrons. The van der Waals surface area contributed by atoms with E-state index in [2.05, 4.69) is 27.7 Å². The Labute approximate surface area is 214 Å². The fourth-order valence-corrected chi connectivity index (χ4v) is 5.57. The van der Waals surface area contributed by atoms with Gasteiger partial charge in [-0.1, -0.05) is 38.0 Å². The summed E-state index contributed by atoms with van der Waals surface area (Å²) < 4.78 is 55.6. The van der Waals surface area contributed by atoms with Crippen LogP contribution in [0.2, 0.25) is 0 Å². The maximum Gasteiger partial charge on any atom is 0.294 e.